The molecule has 0 atom stereocenters. The van der Waals surface area contributed by atoms with Gasteiger partial charge in [-0.3, -0.25) is 0 Å². The molecule has 25 heavy (non-hydrogen) atoms. The Hall–Kier alpha value is -2.86. The van der Waals surface area contributed by atoms with Gasteiger partial charge in [0, 0.05) is 43.8 Å². The summed E-state index contributed by atoms with van der Waals surface area (Å²) in [5, 5.41) is 6.37. The van der Waals surface area contributed by atoms with Gasteiger partial charge in [0.2, 0.25) is 5.69 Å². The Balaban J connectivity index is 1.62. The number of thiazole rings is 1. The minimum absolute atomic E-state index is 0.887. The molecule has 0 aliphatic carbocycles. The largest absolute Gasteiger partial charge is 0.378 e. The van der Waals surface area contributed by atoms with Gasteiger partial charge in [0.25, 0.3) is 5.65 Å². The van der Waals surface area contributed by atoms with Gasteiger partial charge in [-0.05, 0) is 30.3 Å². The monoisotopic (exact) mass is 350 g/mol. The first-order valence-corrected chi connectivity index (χ1v) is 8.99. The van der Waals surface area contributed by atoms with Crippen LogP contribution < -0.4 is 14.6 Å². The van der Waals surface area contributed by atoms with Crippen LogP contribution in [0.25, 0.3) is 17.0 Å². The number of aryl methyl sites for hydroxylation is 1. The fraction of sp³-hybridized carbons (Fsp3) is 0.158. The van der Waals surface area contributed by atoms with Crippen LogP contribution in [0.3, 0.4) is 0 Å². The van der Waals surface area contributed by atoms with Crippen LogP contribution in [0.15, 0.2) is 54.0 Å². The summed E-state index contributed by atoms with van der Waals surface area (Å²) in [6, 6.07) is 14.5. The van der Waals surface area contributed by atoms with Crippen LogP contribution in [-0.4, -0.2) is 24.1 Å². The molecule has 0 spiro atoms. The fourth-order valence-electron chi connectivity index (χ4n) is 2.89. The third-order valence-corrected chi connectivity index (χ3v) is 4.91. The van der Waals surface area contributed by atoms with Crippen molar-refractivity contribution in [1.82, 2.24) is 9.97 Å². The van der Waals surface area contributed by atoms with Gasteiger partial charge in [-0.25, -0.2) is 9.97 Å². The lowest BCUT2D eigenvalue weighted by atomic mass is 10.2. The van der Waals surface area contributed by atoms with Crippen LogP contribution in [0.5, 0.6) is 0 Å². The number of rotatable bonds is 4. The van der Waals surface area contributed by atoms with Gasteiger partial charge >= 0.3 is 0 Å². The van der Waals surface area contributed by atoms with Crippen LogP contribution in [0.2, 0.25) is 0 Å². The number of H-pyrrole nitrogens is 1. The van der Waals surface area contributed by atoms with E-state index in [4.69, 9.17) is 4.98 Å². The van der Waals surface area contributed by atoms with Crippen molar-refractivity contribution in [1.29, 1.82) is 0 Å². The van der Waals surface area contributed by atoms with Gasteiger partial charge in [-0.15, -0.1) is 11.3 Å². The van der Waals surface area contributed by atoms with Crippen molar-refractivity contribution >= 4 is 33.5 Å². The lowest BCUT2D eigenvalue weighted by Gasteiger charge is -2.12. The number of hydrogen-bond acceptors (Lipinski definition) is 4. The molecule has 0 amide bonds. The van der Waals surface area contributed by atoms with Crippen molar-refractivity contribution in [2.24, 2.45) is 0 Å². The summed E-state index contributed by atoms with van der Waals surface area (Å²) in [7, 11) is 4.08. The maximum absolute atomic E-state index is 4.77. The van der Waals surface area contributed by atoms with E-state index < -0.39 is 0 Å². The molecule has 0 aliphatic heterocycles. The molecule has 0 saturated carbocycles. The van der Waals surface area contributed by atoms with Crippen LogP contribution in [0, 0.1) is 6.92 Å². The van der Waals surface area contributed by atoms with E-state index in [0.29, 0.717) is 0 Å². The van der Waals surface area contributed by atoms with E-state index in [1.165, 1.54) is 5.69 Å². The zero-order valence-corrected chi connectivity index (χ0v) is 15.3. The molecule has 0 bridgehead atoms. The first kappa shape index (κ1) is 15.7. The Morgan fingerprint density at radius 2 is 1.92 bits per heavy atom. The highest BCUT2D eigenvalue weighted by Crippen LogP contribution is 2.28. The number of nitrogens with zero attached hydrogens (tertiary/aromatic N) is 3. The van der Waals surface area contributed by atoms with Crippen molar-refractivity contribution in [3.8, 4) is 11.4 Å². The summed E-state index contributed by atoms with van der Waals surface area (Å²) in [6.07, 6.45) is 2.06. The molecule has 0 saturated heterocycles. The van der Waals surface area contributed by atoms with Crippen LogP contribution in [-0.2, 0) is 0 Å². The first-order chi connectivity index (χ1) is 12.1. The topological polar surface area (TPSA) is 48.1 Å². The maximum Gasteiger partial charge on any atom is 0.284 e. The highest BCUT2D eigenvalue weighted by molar-refractivity contribution is 7.14. The van der Waals surface area contributed by atoms with Gasteiger partial charge < -0.3 is 10.2 Å². The van der Waals surface area contributed by atoms with E-state index >= 15 is 0 Å². The smallest absolute Gasteiger partial charge is 0.284 e. The van der Waals surface area contributed by atoms with Gasteiger partial charge in [0.1, 0.15) is 11.4 Å². The number of nitrogens with one attached hydrogen (secondary N) is 2. The van der Waals surface area contributed by atoms with Crippen molar-refractivity contribution in [3.05, 3.63) is 59.7 Å². The first-order valence-electron chi connectivity index (χ1n) is 8.11. The summed E-state index contributed by atoms with van der Waals surface area (Å²) in [6.45, 7) is 2.08. The Bertz CT molecular complexity index is 1010. The summed E-state index contributed by atoms with van der Waals surface area (Å²) >= 11 is 1.61. The molecule has 0 fully saturated rings. The van der Waals surface area contributed by atoms with Gasteiger partial charge in [0.15, 0.2) is 5.13 Å². The molecule has 0 radical (unpaired) electrons. The molecule has 0 unspecified atom stereocenters. The predicted molar refractivity (Wildman–Crippen MR) is 104 cm³/mol. The SMILES string of the molecule is Cc1[nH]c2cccc[n+]2c1-c1csc(Nc2ccc(N(C)C)cc2)n1. The van der Waals surface area contributed by atoms with Gasteiger partial charge in [0.05, 0.1) is 6.20 Å². The third-order valence-electron chi connectivity index (χ3n) is 4.15. The van der Waals surface area contributed by atoms with Crippen LogP contribution in [0.1, 0.15) is 5.69 Å². The highest BCUT2D eigenvalue weighted by atomic mass is 32.1. The number of hydrogen-bond donors (Lipinski definition) is 2. The maximum atomic E-state index is 4.77. The molecule has 126 valence electrons. The van der Waals surface area contributed by atoms with Gasteiger partial charge in [-0.2, -0.15) is 4.40 Å². The minimum Gasteiger partial charge on any atom is -0.378 e. The molecule has 5 nitrogen and oxygen atoms in total. The standard InChI is InChI=1S/C19H19N5S/c1-13-18(24-11-5-4-6-17(24)20-13)16-12-25-19(22-16)21-14-7-9-15(10-8-14)23(2)3/h4-12H,1-3H3,(H,21,22)/p+1. The minimum atomic E-state index is 0.887. The van der Waals surface area contributed by atoms with E-state index in [0.717, 1.165) is 33.5 Å². The molecule has 4 rings (SSSR count). The second-order valence-corrected chi connectivity index (χ2v) is 7.02. The van der Waals surface area contributed by atoms with E-state index in [2.05, 4.69) is 68.4 Å². The predicted octanol–water partition coefficient (Wildman–Crippen LogP) is 3.99. The molecule has 0 aliphatic rings. The summed E-state index contributed by atoms with van der Waals surface area (Å²) < 4.78 is 2.14. The average Bonchev–Trinajstić information content (AvgIpc) is 3.18. The fourth-order valence-corrected chi connectivity index (χ4v) is 3.61. The molecular weight excluding hydrogens is 330 g/mol. The second kappa shape index (κ2) is 6.22. The Morgan fingerprint density at radius 1 is 1.12 bits per heavy atom. The number of imidazole rings is 1. The van der Waals surface area contributed by atoms with Crippen molar-refractivity contribution in [3.63, 3.8) is 0 Å². The van der Waals surface area contributed by atoms with Crippen molar-refractivity contribution < 1.29 is 4.40 Å². The number of fused-ring (bicyclic) bond motifs is 1. The molecule has 3 aromatic heterocycles. The van der Waals surface area contributed by atoms with Gasteiger partial charge in [-0.1, -0.05) is 6.07 Å². The Labute approximate surface area is 150 Å². The Kier molecular flexibility index (Phi) is 3.89. The quantitative estimate of drug-likeness (QED) is 0.547. The molecular formula is C19H20N5S+. The van der Waals surface area contributed by atoms with E-state index in [9.17, 15) is 0 Å². The number of benzene rings is 1. The van der Waals surface area contributed by atoms with E-state index in [1.807, 2.05) is 26.2 Å². The third kappa shape index (κ3) is 2.96. The lowest BCUT2D eigenvalue weighted by Crippen LogP contribution is -2.21. The summed E-state index contributed by atoms with van der Waals surface area (Å²) in [4.78, 5) is 10.3. The zero-order valence-electron chi connectivity index (χ0n) is 14.4. The normalized spacial score (nSPS) is 11.0. The number of aromatic nitrogens is 3. The second-order valence-electron chi connectivity index (χ2n) is 6.16. The van der Waals surface area contributed by atoms with Crippen molar-refractivity contribution in [2.45, 2.75) is 6.92 Å². The molecule has 2 N–H and O–H groups in total. The molecule has 4 aromatic rings. The van der Waals surface area contributed by atoms with Crippen LogP contribution in [0.4, 0.5) is 16.5 Å². The van der Waals surface area contributed by atoms with Crippen molar-refractivity contribution in [2.75, 3.05) is 24.3 Å². The molecule has 1 aromatic carbocycles. The zero-order chi connectivity index (χ0) is 17.4. The lowest BCUT2D eigenvalue weighted by molar-refractivity contribution is -0.498. The summed E-state index contributed by atoms with van der Waals surface area (Å²) in [5.74, 6) is 0. The summed E-state index contributed by atoms with van der Waals surface area (Å²) in [5.41, 5.74) is 6.46. The Morgan fingerprint density at radius 3 is 2.68 bits per heavy atom. The van der Waals surface area contributed by atoms with Crippen LogP contribution >= 0.6 is 11.3 Å². The number of pyridine rings is 1. The number of aromatic amines is 1. The van der Waals surface area contributed by atoms with E-state index in [-0.39, 0.29) is 0 Å². The highest BCUT2D eigenvalue weighted by Gasteiger charge is 2.20. The van der Waals surface area contributed by atoms with E-state index in [1.54, 1.807) is 11.3 Å². The average molecular weight is 350 g/mol. The number of anilines is 3. The molecule has 3 heterocycles. The molecule has 6 heteroatoms.